The molecule has 0 fully saturated rings. The van der Waals surface area contributed by atoms with Gasteiger partial charge in [0.1, 0.15) is 18.1 Å². The molecular weight excluding hydrogens is 307 g/mol. The summed E-state index contributed by atoms with van der Waals surface area (Å²) < 4.78 is 19.4. The summed E-state index contributed by atoms with van der Waals surface area (Å²) in [6.07, 6.45) is 0.0967. The van der Waals surface area contributed by atoms with Crippen molar-refractivity contribution in [1.29, 1.82) is 0 Å². The van der Waals surface area contributed by atoms with Gasteiger partial charge in [0.05, 0.1) is 15.9 Å². The molecule has 1 aromatic carbocycles. The lowest BCUT2D eigenvalue weighted by atomic mass is 10.3. The van der Waals surface area contributed by atoms with Crippen molar-refractivity contribution in [2.75, 3.05) is 19.3 Å². The smallest absolute Gasteiger partial charge is 0.337 e. The number of carbonyl (C=O) groups is 2. The highest BCUT2D eigenvalue weighted by Gasteiger charge is 2.06. The maximum Gasteiger partial charge on any atom is 0.337 e. The third kappa shape index (κ3) is 6.70. The van der Waals surface area contributed by atoms with E-state index in [9.17, 15) is 9.59 Å². The largest absolute Gasteiger partial charge is 0.480 e. The molecule has 0 aliphatic carbocycles. The summed E-state index contributed by atoms with van der Waals surface area (Å²) in [5.74, 6) is 0.0803. The molecule has 0 saturated heterocycles. The SMILES string of the molecule is O=C(CCCl)OCOCC(=O)Oc1ccc(OP)cc1. The van der Waals surface area contributed by atoms with Crippen LogP contribution in [-0.4, -0.2) is 31.2 Å². The fourth-order valence-electron chi connectivity index (χ4n) is 1.13. The van der Waals surface area contributed by atoms with Gasteiger partial charge in [-0.3, -0.25) is 4.79 Å². The van der Waals surface area contributed by atoms with Gasteiger partial charge in [-0.2, -0.15) is 0 Å². The van der Waals surface area contributed by atoms with E-state index in [1.165, 1.54) is 0 Å². The minimum Gasteiger partial charge on any atom is -0.480 e. The second-order valence-corrected chi connectivity index (χ2v) is 4.10. The van der Waals surface area contributed by atoms with Crippen molar-refractivity contribution in [3.05, 3.63) is 24.3 Å². The predicted octanol–water partition coefficient (Wildman–Crippen LogP) is 1.91. The molecule has 6 nitrogen and oxygen atoms in total. The topological polar surface area (TPSA) is 71.1 Å². The van der Waals surface area contributed by atoms with Crippen molar-refractivity contribution < 1.29 is 28.3 Å². The third-order valence-corrected chi connectivity index (χ3v) is 2.47. The molecule has 0 spiro atoms. The Bertz CT molecular complexity index is 436. The molecule has 110 valence electrons. The van der Waals surface area contributed by atoms with E-state index in [4.69, 9.17) is 25.6 Å². The first kappa shape index (κ1) is 16.7. The number of hydrogen-bond acceptors (Lipinski definition) is 6. The van der Waals surface area contributed by atoms with Crippen LogP contribution in [0, 0.1) is 0 Å². The first-order valence-corrected chi connectivity index (χ1v) is 6.63. The monoisotopic (exact) mass is 320 g/mol. The lowest BCUT2D eigenvalue weighted by Crippen LogP contribution is -2.18. The minimum atomic E-state index is -0.599. The van der Waals surface area contributed by atoms with Crippen LogP contribution in [-0.2, 0) is 19.1 Å². The Balaban J connectivity index is 2.21. The zero-order chi connectivity index (χ0) is 14.8. The quantitative estimate of drug-likeness (QED) is 0.182. The first-order chi connectivity index (χ1) is 9.65. The van der Waals surface area contributed by atoms with Crippen LogP contribution < -0.4 is 9.26 Å². The highest BCUT2D eigenvalue weighted by Crippen LogP contribution is 2.18. The molecule has 0 aromatic heterocycles. The van der Waals surface area contributed by atoms with Crippen LogP contribution in [0.2, 0.25) is 0 Å². The van der Waals surface area contributed by atoms with Gasteiger partial charge in [-0.05, 0) is 24.3 Å². The van der Waals surface area contributed by atoms with Gasteiger partial charge in [0.15, 0.2) is 6.79 Å². The van der Waals surface area contributed by atoms with E-state index >= 15 is 0 Å². The Morgan fingerprint density at radius 2 is 1.75 bits per heavy atom. The van der Waals surface area contributed by atoms with Crippen molar-refractivity contribution in [3.63, 3.8) is 0 Å². The van der Waals surface area contributed by atoms with Crippen molar-refractivity contribution in [2.45, 2.75) is 6.42 Å². The normalized spacial score (nSPS) is 9.90. The summed E-state index contributed by atoms with van der Waals surface area (Å²) in [5.41, 5.74) is 0. The second-order valence-electron chi connectivity index (χ2n) is 3.48. The van der Waals surface area contributed by atoms with Crippen LogP contribution in [0.1, 0.15) is 6.42 Å². The molecule has 0 radical (unpaired) electrons. The summed E-state index contributed by atoms with van der Waals surface area (Å²) in [4.78, 5) is 22.3. The van der Waals surface area contributed by atoms with E-state index in [-0.39, 0.29) is 25.7 Å². The summed E-state index contributed by atoms with van der Waals surface area (Å²) in [6, 6.07) is 6.45. The fourth-order valence-corrected chi connectivity index (χ4v) is 1.44. The summed E-state index contributed by atoms with van der Waals surface area (Å²) in [6.45, 7) is -0.638. The first-order valence-electron chi connectivity index (χ1n) is 5.62. The molecule has 1 rings (SSSR count). The van der Waals surface area contributed by atoms with E-state index in [2.05, 4.69) is 14.2 Å². The van der Waals surface area contributed by atoms with Gasteiger partial charge in [0.25, 0.3) is 0 Å². The fraction of sp³-hybridized carbons (Fsp3) is 0.333. The lowest BCUT2D eigenvalue weighted by molar-refractivity contribution is -0.161. The molecule has 0 aliphatic rings. The van der Waals surface area contributed by atoms with Crippen LogP contribution in [0.15, 0.2) is 24.3 Å². The van der Waals surface area contributed by atoms with E-state index in [1.54, 1.807) is 24.3 Å². The van der Waals surface area contributed by atoms with Gasteiger partial charge in [-0.25, -0.2) is 4.79 Å². The molecule has 1 atom stereocenters. The van der Waals surface area contributed by atoms with Crippen LogP contribution in [0.4, 0.5) is 0 Å². The number of ether oxygens (including phenoxy) is 3. The molecule has 8 heteroatoms. The number of rotatable bonds is 8. The van der Waals surface area contributed by atoms with Gasteiger partial charge in [-0.15, -0.1) is 11.6 Å². The maximum absolute atomic E-state index is 11.4. The Kier molecular flexibility index (Phi) is 7.95. The van der Waals surface area contributed by atoms with Gasteiger partial charge >= 0.3 is 11.9 Å². The Morgan fingerprint density at radius 1 is 1.10 bits per heavy atom. The summed E-state index contributed by atoms with van der Waals surface area (Å²) in [5, 5.41) is 0. The molecule has 0 aliphatic heterocycles. The van der Waals surface area contributed by atoms with Gasteiger partial charge in [0, 0.05) is 5.88 Å². The van der Waals surface area contributed by atoms with Crippen LogP contribution in [0.25, 0.3) is 0 Å². The highest BCUT2D eigenvalue weighted by atomic mass is 35.5. The number of hydrogen-bond donors (Lipinski definition) is 0. The zero-order valence-electron chi connectivity index (χ0n) is 10.5. The molecule has 1 unspecified atom stereocenters. The molecular formula is C12H14ClO6P. The number of carbonyl (C=O) groups excluding carboxylic acids is 2. The third-order valence-electron chi connectivity index (χ3n) is 2.01. The Morgan fingerprint density at radius 3 is 2.35 bits per heavy atom. The van der Waals surface area contributed by atoms with Crippen LogP contribution in [0.5, 0.6) is 11.5 Å². The predicted molar refractivity (Wildman–Crippen MR) is 74.7 cm³/mol. The summed E-state index contributed by atoms with van der Waals surface area (Å²) >= 11 is 5.35. The highest BCUT2D eigenvalue weighted by molar-refractivity contribution is 7.10. The van der Waals surface area contributed by atoms with Crippen molar-refractivity contribution in [1.82, 2.24) is 0 Å². The van der Waals surface area contributed by atoms with E-state index in [0.717, 1.165) is 0 Å². The molecule has 1 aromatic rings. The van der Waals surface area contributed by atoms with Crippen molar-refractivity contribution in [2.24, 2.45) is 0 Å². The van der Waals surface area contributed by atoms with Gasteiger partial charge in [0.2, 0.25) is 0 Å². The molecule has 0 N–H and O–H groups in total. The number of halogens is 1. The van der Waals surface area contributed by atoms with Gasteiger partial charge < -0.3 is 18.7 Å². The Hall–Kier alpha value is -1.36. The zero-order valence-corrected chi connectivity index (χ0v) is 12.5. The van der Waals surface area contributed by atoms with Gasteiger partial charge in [-0.1, -0.05) is 0 Å². The van der Waals surface area contributed by atoms with Crippen molar-refractivity contribution >= 4 is 33.0 Å². The van der Waals surface area contributed by atoms with Crippen LogP contribution >= 0.6 is 21.1 Å². The molecule has 0 saturated carbocycles. The average molecular weight is 321 g/mol. The number of esters is 2. The lowest BCUT2D eigenvalue weighted by Gasteiger charge is -2.06. The number of alkyl halides is 1. The minimum absolute atomic E-state index is 0.0967. The van der Waals surface area contributed by atoms with E-state index in [1.807, 2.05) is 0 Å². The standard InChI is InChI=1S/C12H14ClO6P/c13-6-5-11(14)17-8-16-7-12(15)18-9-1-3-10(19-20)4-2-9/h1-4H,5-8,20H2. The van der Waals surface area contributed by atoms with Crippen molar-refractivity contribution in [3.8, 4) is 11.5 Å². The maximum atomic E-state index is 11.4. The van der Waals surface area contributed by atoms with E-state index < -0.39 is 11.9 Å². The van der Waals surface area contributed by atoms with Crippen LogP contribution in [0.3, 0.4) is 0 Å². The number of benzene rings is 1. The second kappa shape index (κ2) is 9.53. The molecule has 0 amide bonds. The average Bonchev–Trinajstić information content (AvgIpc) is 2.45. The molecule has 0 bridgehead atoms. The van der Waals surface area contributed by atoms with E-state index in [0.29, 0.717) is 11.5 Å². The molecule has 20 heavy (non-hydrogen) atoms. The summed E-state index contributed by atoms with van der Waals surface area (Å²) in [7, 11) is 2.11. The molecule has 0 heterocycles. The Labute approximate surface area is 123 Å².